The number of hydrogen-bond donors (Lipinski definition) is 4. The van der Waals surface area contributed by atoms with Crippen LogP contribution in [0.15, 0.2) is 48.6 Å². The summed E-state index contributed by atoms with van der Waals surface area (Å²) in [7, 11) is 1.47. The van der Waals surface area contributed by atoms with Crippen LogP contribution in [-0.4, -0.2) is 70.6 Å². The third-order valence-corrected chi connectivity index (χ3v) is 4.74. The summed E-state index contributed by atoms with van der Waals surface area (Å²) in [4.78, 5) is 0. The smallest absolute Gasteiger partial charge is 0.194 e. The first-order chi connectivity index (χ1) is 12.5. The van der Waals surface area contributed by atoms with Gasteiger partial charge in [0.15, 0.2) is 12.1 Å². The highest BCUT2D eigenvalue weighted by Gasteiger charge is 2.47. The van der Waals surface area contributed by atoms with Crippen molar-refractivity contribution in [1.29, 1.82) is 0 Å². The fourth-order valence-electron chi connectivity index (χ4n) is 3.10. The quantitative estimate of drug-likeness (QED) is 0.552. The molecular weight excluding hydrogens is 340 g/mol. The molecule has 0 bridgehead atoms. The molecule has 1 fully saturated rings. The molecule has 26 heavy (non-hydrogen) atoms. The van der Waals surface area contributed by atoms with Crippen LogP contribution in [0.3, 0.4) is 0 Å². The molecule has 1 aromatic rings. The Morgan fingerprint density at radius 3 is 2.42 bits per heavy atom. The zero-order chi connectivity index (χ0) is 18.7. The number of aliphatic hydroxyl groups is 4. The summed E-state index contributed by atoms with van der Waals surface area (Å²) in [6.07, 6.45) is -0.821. The number of allylic oxidation sites excluding steroid dienone is 2. The molecule has 1 aromatic carbocycles. The summed E-state index contributed by atoms with van der Waals surface area (Å²) in [5.41, 5.74) is 2.07. The largest absolute Gasteiger partial charge is 0.394 e. The molecular formula is C19H24O7. The molecule has 0 amide bonds. The monoisotopic (exact) mass is 364 g/mol. The number of ether oxygens (including phenoxy) is 3. The van der Waals surface area contributed by atoms with Crippen molar-refractivity contribution in [3.63, 3.8) is 0 Å². The van der Waals surface area contributed by atoms with Gasteiger partial charge in [0.25, 0.3) is 0 Å². The van der Waals surface area contributed by atoms with E-state index in [0.717, 1.165) is 11.1 Å². The second-order valence-corrected chi connectivity index (χ2v) is 6.39. The molecule has 0 saturated carbocycles. The van der Waals surface area contributed by atoms with E-state index in [1.165, 1.54) is 7.11 Å². The molecule has 142 valence electrons. The summed E-state index contributed by atoms with van der Waals surface area (Å²) >= 11 is 0. The van der Waals surface area contributed by atoms with E-state index < -0.39 is 43.1 Å². The van der Waals surface area contributed by atoms with E-state index in [1.807, 2.05) is 42.5 Å². The molecule has 1 unspecified atom stereocenters. The zero-order valence-electron chi connectivity index (χ0n) is 14.4. The maximum atomic E-state index is 10.2. The molecule has 1 aliphatic carbocycles. The van der Waals surface area contributed by atoms with Crippen LogP contribution in [0.2, 0.25) is 0 Å². The van der Waals surface area contributed by atoms with E-state index in [-0.39, 0.29) is 0 Å². The number of rotatable bonds is 5. The first-order valence-electron chi connectivity index (χ1n) is 8.48. The normalized spacial score (nSPS) is 37.4. The van der Waals surface area contributed by atoms with Crippen molar-refractivity contribution in [2.45, 2.75) is 42.9 Å². The molecule has 2 aliphatic rings. The van der Waals surface area contributed by atoms with Gasteiger partial charge >= 0.3 is 0 Å². The molecule has 0 aromatic heterocycles. The summed E-state index contributed by atoms with van der Waals surface area (Å²) in [6, 6.07) is 9.83. The second kappa shape index (κ2) is 7.98. The van der Waals surface area contributed by atoms with Gasteiger partial charge in [-0.25, -0.2) is 0 Å². The lowest BCUT2D eigenvalue weighted by atomic mass is 9.95. The Labute approximate surface area is 151 Å². The molecule has 0 spiro atoms. The van der Waals surface area contributed by atoms with Crippen LogP contribution in [0.4, 0.5) is 0 Å². The maximum Gasteiger partial charge on any atom is 0.194 e. The Morgan fingerprint density at radius 2 is 1.85 bits per heavy atom. The van der Waals surface area contributed by atoms with Gasteiger partial charge in [0.1, 0.15) is 24.4 Å². The summed E-state index contributed by atoms with van der Waals surface area (Å²) in [6.45, 7) is -0.515. The summed E-state index contributed by atoms with van der Waals surface area (Å²) in [5, 5.41) is 39.2. The Morgan fingerprint density at radius 1 is 1.12 bits per heavy atom. The van der Waals surface area contributed by atoms with Gasteiger partial charge in [0, 0.05) is 13.5 Å². The predicted molar refractivity (Wildman–Crippen MR) is 92.8 cm³/mol. The summed E-state index contributed by atoms with van der Waals surface area (Å²) in [5.74, 6) is -1.19. The molecule has 3 rings (SSSR count). The van der Waals surface area contributed by atoms with Crippen molar-refractivity contribution in [2.24, 2.45) is 0 Å². The minimum absolute atomic E-state index is 0.360. The number of benzene rings is 1. The minimum Gasteiger partial charge on any atom is -0.394 e. The van der Waals surface area contributed by atoms with E-state index in [1.54, 1.807) is 6.08 Å². The van der Waals surface area contributed by atoms with Gasteiger partial charge in [-0.3, -0.25) is 0 Å². The Balaban J connectivity index is 1.74. The minimum atomic E-state index is -1.50. The zero-order valence-corrected chi connectivity index (χ0v) is 14.4. The van der Waals surface area contributed by atoms with Gasteiger partial charge < -0.3 is 34.6 Å². The third kappa shape index (κ3) is 3.74. The Bertz CT molecular complexity index is 657. The topological polar surface area (TPSA) is 109 Å². The number of aliphatic hydroxyl groups excluding tert-OH is 4. The van der Waals surface area contributed by atoms with E-state index >= 15 is 0 Å². The number of methoxy groups -OCH3 is 1. The predicted octanol–water partition coefficient (Wildman–Crippen LogP) is 0.189. The van der Waals surface area contributed by atoms with E-state index in [0.29, 0.717) is 6.42 Å². The highest BCUT2D eigenvalue weighted by atomic mass is 16.8. The highest BCUT2D eigenvalue weighted by molar-refractivity contribution is 5.75. The molecule has 1 heterocycles. The lowest BCUT2D eigenvalue weighted by molar-refractivity contribution is -0.353. The van der Waals surface area contributed by atoms with Gasteiger partial charge in [-0.05, 0) is 17.2 Å². The van der Waals surface area contributed by atoms with Gasteiger partial charge in [0.05, 0.1) is 6.61 Å². The maximum absolute atomic E-state index is 10.2. The van der Waals surface area contributed by atoms with Crippen LogP contribution in [0.25, 0.3) is 5.57 Å². The van der Waals surface area contributed by atoms with Crippen LogP contribution in [0.5, 0.6) is 0 Å². The molecule has 1 saturated heterocycles. The first kappa shape index (κ1) is 19.2. The second-order valence-electron chi connectivity index (χ2n) is 6.39. The lowest BCUT2D eigenvalue weighted by Crippen LogP contribution is -2.60. The summed E-state index contributed by atoms with van der Waals surface area (Å²) < 4.78 is 16.7. The van der Waals surface area contributed by atoms with E-state index in [2.05, 4.69) is 0 Å². The molecule has 1 aliphatic heterocycles. The van der Waals surface area contributed by atoms with Crippen molar-refractivity contribution in [2.75, 3.05) is 13.7 Å². The fourth-order valence-corrected chi connectivity index (χ4v) is 3.10. The highest BCUT2D eigenvalue weighted by Crippen LogP contribution is 2.33. The van der Waals surface area contributed by atoms with Crippen molar-refractivity contribution >= 4 is 5.57 Å². The van der Waals surface area contributed by atoms with Crippen LogP contribution in [0, 0.1) is 0 Å². The van der Waals surface area contributed by atoms with Crippen LogP contribution < -0.4 is 0 Å². The van der Waals surface area contributed by atoms with Crippen molar-refractivity contribution in [3.05, 3.63) is 54.1 Å². The third-order valence-electron chi connectivity index (χ3n) is 4.74. The Kier molecular flexibility index (Phi) is 5.89. The standard InChI is InChI=1S/C19H24O7/c1-24-19(9-7-13(8-10-19)12-5-3-2-4-6-12)26-18-17(23)16(22)15(21)14(11-20)25-18/h2-9,14-18,20-23H,10-11H2,1H3/t14-,15-,16+,17-,18+,19?/m1/s1. The van der Waals surface area contributed by atoms with Crippen molar-refractivity contribution < 1.29 is 34.6 Å². The first-order valence-corrected chi connectivity index (χ1v) is 8.48. The van der Waals surface area contributed by atoms with Gasteiger partial charge in [0.2, 0.25) is 0 Å². The average Bonchev–Trinajstić information content (AvgIpc) is 2.69. The SMILES string of the molecule is COC1(O[C@@H]2O[C@H](CO)[C@@H](O)[C@H](O)[C@H]2O)C=CC(c2ccccc2)=CC1. The van der Waals surface area contributed by atoms with Crippen molar-refractivity contribution in [1.82, 2.24) is 0 Å². The molecule has 4 N–H and O–H groups in total. The van der Waals surface area contributed by atoms with Gasteiger partial charge in [-0.15, -0.1) is 0 Å². The van der Waals surface area contributed by atoms with Gasteiger partial charge in [-0.2, -0.15) is 0 Å². The van der Waals surface area contributed by atoms with Crippen LogP contribution in [0.1, 0.15) is 12.0 Å². The van der Waals surface area contributed by atoms with Crippen LogP contribution in [-0.2, 0) is 14.2 Å². The van der Waals surface area contributed by atoms with E-state index in [4.69, 9.17) is 14.2 Å². The molecule has 0 radical (unpaired) electrons. The fraction of sp³-hybridized carbons (Fsp3) is 0.474. The lowest BCUT2D eigenvalue weighted by Gasteiger charge is -2.43. The molecule has 7 heteroatoms. The van der Waals surface area contributed by atoms with E-state index in [9.17, 15) is 20.4 Å². The average molecular weight is 364 g/mol. The van der Waals surface area contributed by atoms with Gasteiger partial charge in [-0.1, -0.05) is 42.5 Å². The van der Waals surface area contributed by atoms with Crippen LogP contribution >= 0.6 is 0 Å². The van der Waals surface area contributed by atoms with Crippen molar-refractivity contribution in [3.8, 4) is 0 Å². The molecule has 7 nitrogen and oxygen atoms in total. The number of hydrogen-bond acceptors (Lipinski definition) is 7. The molecule has 6 atom stereocenters. The Hall–Kier alpha value is -1.58.